The summed E-state index contributed by atoms with van der Waals surface area (Å²) in [6.07, 6.45) is 12.9. The fourth-order valence-electron chi connectivity index (χ4n) is 4.02. The van der Waals surface area contributed by atoms with Gasteiger partial charge in [0.15, 0.2) is 5.03 Å². The first-order valence-electron chi connectivity index (χ1n) is 8.40. The Morgan fingerprint density at radius 3 is 2.68 bits per heavy atom. The molecule has 3 nitrogen and oxygen atoms in total. The van der Waals surface area contributed by atoms with Crippen LogP contribution in [0.2, 0.25) is 0 Å². The van der Waals surface area contributed by atoms with Gasteiger partial charge in [0.25, 0.3) is 5.56 Å². The highest BCUT2D eigenvalue weighted by Crippen LogP contribution is 2.38. The van der Waals surface area contributed by atoms with Gasteiger partial charge in [-0.2, -0.15) is 0 Å². The minimum atomic E-state index is 0.151. The van der Waals surface area contributed by atoms with Crippen LogP contribution in [0, 0.1) is 0 Å². The third kappa shape index (κ3) is 2.33. The lowest BCUT2D eigenvalue weighted by molar-refractivity contribution is 0.351. The van der Waals surface area contributed by atoms with E-state index < -0.39 is 0 Å². The molecule has 0 unspecified atom stereocenters. The Morgan fingerprint density at radius 2 is 1.91 bits per heavy atom. The van der Waals surface area contributed by atoms with Crippen LogP contribution in [0.1, 0.15) is 61.4 Å². The Kier molecular flexibility index (Phi) is 4.03. The molecule has 0 bridgehead atoms. The first-order valence-corrected chi connectivity index (χ1v) is 10.4. The summed E-state index contributed by atoms with van der Waals surface area (Å²) in [4.78, 5) is 20.3. The fourth-order valence-corrected chi connectivity index (χ4v) is 5.79. The van der Waals surface area contributed by atoms with Gasteiger partial charge in [-0.3, -0.25) is 4.79 Å². The van der Waals surface area contributed by atoms with E-state index in [9.17, 15) is 4.79 Å². The highest BCUT2D eigenvalue weighted by Gasteiger charge is 2.26. The van der Waals surface area contributed by atoms with Crippen LogP contribution >= 0.6 is 23.1 Å². The zero-order valence-corrected chi connectivity index (χ0v) is 14.7. The summed E-state index contributed by atoms with van der Waals surface area (Å²) in [6.45, 7) is 0. The van der Waals surface area contributed by atoms with Crippen LogP contribution in [-0.4, -0.2) is 15.8 Å². The molecule has 0 atom stereocenters. The molecular weight excluding hydrogens is 312 g/mol. The van der Waals surface area contributed by atoms with E-state index in [0.29, 0.717) is 11.1 Å². The maximum atomic E-state index is 13.0. The summed E-state index contributed by atoms with van der Waals surface area (Å²) in [5.74, 6) is 0. The van der Waals surface area contributed by atoms with Gasteiger partial charge in [0.05, 0.1) is 5.52 Å². The number of aryl methyl sites for hydroxylation is 2. The molecular formula is C17H22N2OS2. The van der Waals surface area contributed by atoms with Crippen LogP contribution in [0.15, 0.2) is 9.82 Å². The van der Waals surface area contributed by atoms with Crippen LogP contribution in [0.4, 0.5) is 0 Å². The highest BCUT2D eigenvalue weighted by molar-refractivity contribution is 7.98. The predicted molar refractivity (Wildman–Crippen MR) is 94.4 cm³/mol. The van der Waals surface area contributed by atoms with E-state index in [-0.39, 0.29) is 5.56 Å². The second-order valence-electron chi connectivity index (χ2n) is 6.45. The summed E-state index contributed by atoms with van der Waals surface area (Å²) in [6, 6.07) is 0.387. The van der Waals surface area contributed by atoms with Crippen molar-refractivity contribution in [2.45, 2.75) is 68.9 Å². The first kappa shape index (κ1) is 14.8. The fraction of sp³-hybridized carbons (Fsp3) is 0.647. The molecule has 0 spiro atoms. The average molecular weight is 335 g/mol. The Hall–Kier alpha value is -0.810. The lowest BCUT2D eigenvalue weighted by Gasteiger charge is -2.26. The third-order valence-corrected chi connectivity index (χ3v) is 6.93. The van der Waals surface area contributed by atoms with Crippen molar-refractivity contribution < 1.29 is 0 Å². The molecule has 0 aliphatic heterocycles. The molecule has 5 heteroatoms. The SMILES string of the molecule is CSc1nc2sc3c(c2n(C2CCCCC2)c1=O)CCCC3. The van der Waals surface area contributed by atoms with Gasteiger partial charge in [0.2, 0.25) is 0 Å². The monoisotopic (exact) mass is 334 g/mol. The van der Waals surface area contributed by atoms with E-state index in [1.54, 1.807) is 0 Å². The summed E-state index contributed by atoms with van der Waals surface area (Å²) >= 11 is 3.33. The number of nitrogens with zero attached hydrogens (tertiary/aromatic N) is 2. The zero-order valence-electron chi connectivity index (χ0n) is 13.1. The van der Waals surface area contributed by atoms with Gasteiger partial charge in [0.1, 0.15) is 4.83 Å². The molecule has 0 saturated heterocycles. The quantitative estimate of drug-likeness (QED) is 0.755. The lowest BCUT2D eigenvalue weighted by atomic mass is 9.94. The molecule has 2 aromatic heterocycles. The topological polar surface area (TPSA) is 34.9 Å². The van der Waals surface area contributed by atoms with Gasteiger partial charge in [-0.15, -0.1) is 23.1 Å². The molecule has 2 aliphatic rings. The number of hydrogen-bond donors (Lipinski definition) is 0. The zero-order chi connectivity index (χ0) is 15.1. The second kappa shape index (κ2) is 6.00. The smallest absolute Gasteiger partial charge is 0.283 e. The number of aromatic nitrogens is 2. The third-order valence-electron chi connectivity index (χ3n) is 5.10. The summed E-state index contributed by atoms with van der Waals surface area (Å²) < 4.78 is 2.15. The largest absolute Gasteiger partial charge is 0.300 e. The van der Waals surface area contributed by atoms with E-state index in [1.807, 2.05) is 17.6 Å². The molecule has 0 aromatic carbocycles. The maximum Gasteiger partial charge on any atom is 0.283 e. The van der Waals surface area contributed by atoms with E-state index >= 15 is 0 Å². The van der Waals surface area contributed by atoms with Gasteiger partial charge in [-0.25, -0.2) is 4.98 Å². The second-order valence-corrected chi connectivity index (χ2v) is 8.33. The van der Waals surface area contributed by atoms with Crippen molar-refractivity contribution in [2.75, 3.05) is 6.26 Å². The van der Waals surface area contributed by atoms with Crippen molar-refractivity contribution in [1.82, 2.24) is 9.55 Å². The summed E-state index contributed by atoms with van der Waals surface area (Å²) in [5, 5.41) is 0.677. The number of fused-ring (bicyclic) bond motifs is 3. The molecule has 2 heterocycles. The molecule has 0 radical (unpaired) electrons. The van der Waals surface area contributed by atoms with Gasteiger partial charge in [-0.1, -0.05) is 19.3 Å². The molecule has 2 aliphatic carbocycles. The molecule has 4 rings (SSSR count). The van der Waals surface area contributed by atoms with E-state index in [2.05, 4.69) is 4.57 Å². The minimum absolute atomic E-state index is 0.151. The van der Waals surface area contributed by atoms with Crippen molar-refractivity contribution in [3.63, 3.8) is 0 Å². The van der Waals surface area contributed by atoms with Crippen molar-refractivity contribution in [3.05, 3.63) is 20.8 Å². The molecule has 0 amide bonds. The minimum Gasteiger partial charge on any atom is -0.300 e. The number of rotatable bonds is 2. The van der Waals surface area contributed by atoms with Gasteiger partial charge in [0, 0.05) is 10.9 Å². The standard InChI is InChI=1S/C17H22N2OS2/c1-21-16-17(20)19(11-7-3-2-4-8-11)14-12-9-5-6-10-13(12)22-15(14)18-16/h11H,2-10H2,1H3. The normalized spacial score (nSPS) is 19.5. The van der Waals surface area contributed by atoms with Crippen molar-refractivity contribution in [2.24, 2.45) is 0 Å². The Balaban J connectivity index is 1.99. The molecule has 1 fully saturated rings. The maximum absolute atomic E-state index is 13.0. The Labute approximate surface area is 139 Å². The average Bonchev–Trinajstić information content (AvgIpc) is 2.93. The lowest BCUT2D eigenvalue weighted by Crippen LogP contribution is -2.29. The predicted octanol–water partition coefficient (Wildman–Crippen LogP) is 4.56. The van der Waals surface area contributed by atoms with Crippen molar-refractivity contribution >= 4 is 33.4 Å². The summed E-state index contributed by atoms with van der Waals surface area (Å²) in [7, 11) is 0. The molecule has 2 aromatic rings. The van der Waals surface area contributed by atoms with Crippen LogP contribution in [0.25, 0.3) is 10.3 Å². The molecule has 0 N–H and O–H groups in total. The van der Waals surface area contributed by atoms with Crippen molar-refractivity contribution in [3.8, 4) is 0 Å². The van der Waals surface area contributed by atoms with Crippen LogP contribution < -0.4 is 5.56 Å². The van der Waals surface area contributed by atoms with Gasteiger partial charge >= 0.3 is 0 Å². The summed E-state index contributed by atoms with van der Waals surface area (Å²) in [5.41, 5.74) is 2.78. The number of thiophene rings is 1. The highest BCUT2D eigenvalue weighted by atomic mass is 32.2. The molecule has 1 saturated carbocycles. The van der Waals surface area contributed by atoms with E-state index in [1.165, 1.54) is 66.2 Å². The van der Waals surface area contributed by atoms with E-state index in [0.717, 1.165) is 24.1 Å². The van der Waals surface area contributed by atoms with Gasteiger partial charge in [-0.05, 0) is 50.3 Å². The Bertz CT molecular complexity index is 756. The van der Waals surface area contributed by atoms with Crippen molar-refractivity contribution in [1.29, 1.82) is 0 Å². The number of thioether (sulfide) groups is 1. The molecule has 118 valence electrons. The number of hydrogen-bond acceptors (Lipinski definition) is 4. The molecule has 22 heavy (non-hydrogen) atoms. The van der Waals surface area contributed by atoms with Gasteiger partial charge < -0.3 is 4.57 Å². The van der Waals surface area contributed by atoms with Crippen LogP contribution in [-0.2, 0) is 12.8 Å². The van der Waals surface area contributed by atoms with Crippen LogP contribution in [0.3, 0.4) is 0 Å². The van der Waals surface area contributed by atoms with E-state index in [4.69, 9.17) is 4.98 Å². The first-order chi connectivity index (χ1) is 10.8. The van der Waals surface area contributed by atoms with Crippen LogP contribution in [0.5, 0.6) is 0 Å². The Morgan fingerprint density at radius 1 is 1.14 bits per heavy atom.